The molecule has 2 saturated heterocycles. The van der Waals surface area contributed by atoms with Gasteiger partial charge in [-0.15, -0.1) is 0 Å². The molecule has 2 rings (SSSR count). The summed E-state index contributed by atoms with van der Waals surface area (Å²) in [5.74, 6) is 0. The Morgan fingerprint density at radius 1 is 0.700 bits per heavy atom. The average Bonchev–Trinajstić information content (AvgIpc) is 1.70. The molecule has 0 N–H and O–H groups in total. The van der Waals surface area contributed by atoms with Crippen LogP contribution in [0.1, 0.15) is 12.8 Å². The van der Waals surface area contributed by atoms with Gasteiger partial charge in [0.2, 0.25) is 0 Å². The van der Waals surface area contributed by atoms with E-state index in [0.29, 0.717) is 0 Å². The van der Waals surface area contributed by atoms with Gasteiger partial charge in [-0.1, -0.05) is 10.4 Å². The van der Waals surface area contributed by atoms with Crippen molar-refractivity contribution in [3.63, 3.8) is 0 Å². The molecule has 0 aliphatic carbocycles. The molecule has 2 heterocycles. The summed E-state index contributed by atoms with van der Waals surface area (Å²) in [6.07, 6.45) is 2.55. The van der Waals surface area contributed by atoms with Crippen molar-refractivity contribution in [1.82, 2.24) is 10.0 Å². The van der Waals surface area contributed by atoms with E-state index in [-0.39, 0.29) is 0 Å². The van der Waals surface area contributed by atoms with E-state index in [9.17, 15) is 0 Å². The molecule has 10 heavy (non-hydrogen) atoms. The van der Waals surface area contributed by atoms with Crippen LogP contribution in [0.4, 0.5) is 0 Å². The largest absolute Gasteiger partial charge is 0.277 e. The molecule has 4 heteroatoms. The Balaban J connectivity index is 1.70. The molecule has 2 aliphatic heterocycles. The van der Waals surface area contributed by atoms with Gasteiger partial charge in [0.15, 0.2) is 0 Å². The van der Waals surface area contributed by atoms with Crippen molar-refractivity contribution in [2.45, 2.75) is 12.8 Å². The van der Waals surface area contributed by atoms with Crippen molar-refractivity contribution in [2.24, 2.45) is 10.4 Å². The van der Waals surface area contributed by atoms with Gasteiger partial charge < -0.3 is 0 Å². The molecule has 0 aromatic rings. The Morgan fingerprint density at radius 3 is 1.30 bits per heavy atom. The molecule has 56 valence electrons. The van der Waals surface area contributed by atoms with Gasteiger partial charge in [0.1, 0.15) is 0 Å². The molecule has 0 saturated carbocycles. The Bertz CT molecular complexity index is 121. The molecule has 0 amide bonds. The molecule has 2 fully saturated rings. The van der Waals surface area contributed by atoms with Gasteiger partial charge in [-0.2, -0.15) is 0 Å². The fourth-order valence-electron chi connectivity index (χ4n) is 0.891. The van der Waals surface area contributed by atoms with Crippen LogP contribution in [0.3, 0.4) is 0 Å². The van der Waals surface area contributed by atoms with Gasteiger partial charge in [-0.25, -0.2) is 0 Å². The standard InChI is InChI=1S/C6H12N4/c1-3-9(4-1)7-8-10-5-2-6-10/h1-6H2/b8-7-. The monoisotopic (exact) mass is 140 g/mol. The van der Waals surface area contributed by atoms with E-state index in [0.717, 1.165) is 26.2 Å². The molecule has 0 aromatic carbocycles. The molecular weight excluding hydrogens is 128 g/mol. The van der Waals surface area contributed by atoms with Gasteiger partial charge in [0, 0.05) is 26.2 Å². The summed E-state index contributed by atoms with van der Waals surface area (Å²) in [4.78, 5) is 0. The zero-order chi connectivity index (χ0) is 6.81. The molecule has 0 spiro atoms. The van der Waals surface area contributed by atoms with Crippen LogP contribution in [-0.2, 0) is 0 Å². The highest BCUT2D eigenvalue weighted by Gasteiger charge is 2.14. The summed E-state index contributed by atoms with van der Waals surface area (Å²) in [7, 11) is 0. The smallest absolute Gasteiger partial charge is 0.0395 e. The van der Waals surface area contributed by atoms with Crippen LogP contribution in [0.25, 0.3) is 0 Å². The SMILES string of the molecule is C1CN(/N=N\N2CCC2)C1. The summed E-state index contributed by atoms with van der Waals surface area (Å²) in [5.41, 5.74) is 0. The fourth-order valence-corrected chi connectivity index (χ4v) is 0.891. The number of rotatable bonds is 2. The minimum absolute atomic E-state index is 1.09. The first-order chi connectivity index (χ1) is 4.95. The quantitative estimate of drug-likeness (QED) is 0.528. The number of nitrogens with zero attached hydrogens (tertiary/aromatic N) is 4. The second-order valence-electron chi connectivity index (χ2n) is 2.79. The molecule has 4 nitrogen and oxygen atoms in total. The second kappa shape index (κ2) is 2.44. The van der Waals surface area contributed by atoms with E-state index >= 15 is 0 Å². The van der Waals surface area contributed by atoms with E-state index in [1.54, 1.807) is 0 Å². The van der Waals surface area contributed by atoms with Crippen molar-refractivity contribution in [1.29, 1.82) is 0 Å². The maximum Gasteiger partial charge on any atom is 0.0395 e. The summed E-state index contributed by atoms with van der Waals surface area (Å²) < 4.78 is 0. The first kappa shape index (κ1) is 5.95. The molecule has 2 aliphatic rings. The molecule has 0 atom stereocenters. The molecule has 0 unspecified atom stereocenters. The van der Waals surface area contributed by atoms with Crippen molar-refractivity contribution in [2.75, 3.05) is 26.2 Å². The lowest BCUT2D eigenvalue weighted by Crippen LogP contribution is -2.35. The topological polar surface area (TPSA) is 31.2 Å². The Hall–Kier alpha value is -0.800. The zero-order valence-electron chi connectivity index (χ0n) is 6.03. The van der Waals surface area contributed by atoms with E-state index in [1.807, 2.05) is 10.0 Å². The molecular formula is C6H12N4. The average molecular weight is 140 g/mol. The van der Waals surface area contributed by atoms with Crippen LogP contribution in [0.2, 0.25) is 0 Å². The zero-order valence-corrected chi connectivity index (χ0v) is 6.03. The van der Waals surface area contributed by atoms with Crippen LogP contribution in [-0.4, -0.2) is 36.2 Å². The predicted octanol–water partition coefficient (Wildman–Crippen LogP) is 0.680. The lowest BCUT2D eigenvalue weighted by atomic mass is 10.3. The van der Waals surface area contributed by atoms with Crippen LogP contribution in [0.15, 0.2) is 10.4 Å². The lowest BCUT2D eigenvalue weighted by molar-refractivity contribution is 0.112. The number of hydrogen-bond acceptors (Lipinski definition) is 2. The van der Waals surface area contributed by atoms with Crippen molar-refractivity contribution in [3.05, 3.63) is 0 Å². The second-order valence-corrected chi connectivity index (χ2v) is 2.79. The van der Waals surface area contributed by atoms with Crippen LogP contribution >= 0.6 is 0 Å². The fraction of sp³-hybridized carbons (Fsp3) is 1.00. The van der Waals surface area contributed by atoms with Crippen molar-refractivity contribution < 1.29 is 0 Å². The van der Waals surface area contributed by atoms with E-state index < -0.39 is 0 Å². The van der Waals surface area contributed by atoms with Crippen LogP contribution in [0, 0.1) is 0 Å². The summed E-state index contributed by atoms with van der Waals surface area (Å²) in [6.45, 7) is 4.38. The highest BCUT2D eigenvalue weighted by atomic mass is 15.7. The first-order valence-corrected chi connectivity index (χ1v) is 3.86. The predicted molar refractivity (Wildman–Crippen MR) is 37.2 cm³/mol. The summed E-state index contributed by atoms with van der Waals surface area (Å²) in [6, 6.07) is 0. The molecule has 0 radical (unpaired) electrons. The minimum Gasteiger partial charge on any atom is -0.277 e. The van der Waals surface area contributed by atoms with Gasteiger partial charge in [-0.3, -0.25) is 10.0 Å². The van der Waals surface area contributed by atoms with Crippen LogP contribution in [0.5, 0.6) is 0 Å². The summed E-state index contributed by atoms with van der Waals surface area (Å²) >= 11 is 0. The maximum absolute atomic E-state index is 4.04. The van der Waals surface area contributed by atoms with Crippen LogP contribution < -0.4 is 0 Å². The first-order valence-electron chi connectivity index (χ1n) is 3.86. The third kappa shape index (κ3) is 1.05. The third-order valence-corrected chi connectivity index (χ3v) is 1.96. The third-order valence-electron chi connectivity index (χ3n) is 1.96. The minimum atomic E-state index is 1.09. The van der Waals surface area contributed by atoms with E-state index in [2.05, 4.69) is 10.4 Å². The van der Waals surface area contributed by atoms with E-state index in [4.69, 9.17) is 0 Å². The van der Waals surface area contributed by atoms with Crippen molar-refractivity contribution in [3.8, 4) is 0 Å². The normalized spacial score (nSPS) is 24.8. The Morgan fingerprint density at radius 2 is 1.10 bits per heavy atom. The Kier molecular flexibility index (Phi) is 1.45. The maximum atomic E-state index is 4.04. The summed E-state index contributed by atoms with van der Waals surface area (Å²) in [5, 5.41) is 12.1. The lowest BCUT2D eigenvalue weighted by Gasteiger charge is -2.30. The highest BCUT2D eigenvalue weighted by molar-refractivity contribution is 4.64. The van der Waals surface area contributed by atoms with E-state index in [1.165, 1.54) is 12.8 Å². The highest BCUT2D eigenvalue weighted by Crippen LogP contribution is 2.10. The molecule has 0 aromatic heterocycles. The van der Waals surface area contributed by atoms with Crippen molar-refractivity contribution >= 4 is 0 Å². The van der Waals surface area contributed by atoms with Gasteiger partial charge >= 0.3 is 0 Å². The van der Waals surface area contributed by atoms with Gasteiger partial charge in [0.25, 0.3) is 0 Å². The van der Waals surface area contributed by atoms with Gasteiger partial charge in [-0.05, 0) is 12.8 Å². The van der Waals surface area contributed by atoms with Gasteiger partial charge in [0.05, 0.1) is 0 Å². The molecule has 0 bridgehead atoms. The number of hydrogen-bond donors (Lipinski definition) is 0. The Labute approximate surface area is 60.5 Å².